The summed E-state index contributed by atoms with van der Waals surface area (Å²) in [6.07, 6.45) is -0.143. The van der Waals surface area contributed by atoms with E-state index in [0.29, 0.717) is 12.1 Å². The van der Waals surface area contributed by atoms with Crippen LogP contribution in [0.3, 0.4) is 0 Å². The van der Waals surface area contributed by atoms with Crippen LogP contribution in [0.15, 0.2) is 42.5 Å². The smallest absolute Gasteiger partial charge is 0.408 e. The molecule has 0 aliphatic carbocycles. The Labute approximate surface area is 233 Å². The molecule has 0 aliphatic rings. The van der Waals surface area contributed by atoms with Crippen molar-refractivity contribution in [3.05, 3.63) is 64.7 Å². The number of rotatable bonds is 9. The molecule has 2 rings (SSSR count). The van der Waals surface area contributed by atoms with Gasteiger partial charge in [0.15, 0.2) is 0 Å². The summed E-state index contributed by atoms with van der Waals surface area (Å²) < 4.78 is 5.40. The number of nitrogens with one attached hydrogen (secondary N) is 2. The zero-order valence-corrected chi connectivity index (χ0v) is 25.0. The fourth-order valence-electron chi connectivity index (χ4n) is 4.11. The number of thiol groups is 1. The lowest BCUT2D eigenvalue weighted by molar-refractivity contribution is -0.147. The molecule has 2 atom stereocenters. The quantitative estimate of drug-likeness (QED) is 0.333. The largest absolute Gasteiger partial charge is 0.444 e. The van der Waals surface area contributed by atoms with Gasteiger partial charge >= 0.3 is 6.09 Å². The Balaban J connectivity index is 2.65. The third-order valence-corrected chi connectivity index (χ3v) is 6.93. The summed E-state index contributed by atoms with van der Waals surface area (Å²) in [4.78, 5) is 42.6. The molecule has 208 valence electrons. The summed E-state index contributed by atoms with van der Waals surface area (Å²) in [6, 6.07) is 11.4. The molecule has 8 heteroatoms. The van der Waals surface area contributed by atoms with E-state index in [1.807, 2.05) is 84.0 Å². The summed E-state index contributed by atoms with van der Waals surface area (Å²) in [6.45, 7) is 16.9. The number of benzene rings is 2. The molecule has 2 aromatic carbocycles. The number of anilines is 1. The van der Waals surface area contributed by atoms with Crippen LogP contribution in [0.5, 0.6) is 0 Å². The van der Waals surface area contributed by atoms with Crippen molar-refractivity contribution in [1.29, 1.82) is 0 Å². The van der Waals surface area contributed by atoms with Gasteiger partial charge in [-0.25, -0.2) is 4.79 Å². The van der Waals surface area contributed by atoms with E-state index in [2.05, 4.69) is 23.3 Å². The van der Waals surface area contributed by atoms with Gasteiger partial charge in [-0.15, -0.1) is 0 Å². The summed E-state index contributed by atoms with van der Waals surface area (Å²) in [7, 11) is 0. The Bertz CT molecular complexity index is 1160. The van der Waals surface area contributed by atoms with E-state index >= 15 is 0 Å². The Kier molecular flexibility index (Phi) is 10.4. The van der Waals surface area contributed by atoms with E-state index in [1.54, 1.807) is 25.7 Å². The standard InChI is InChI=1S/C30H43N3O4S/c1-10-30(8,9)33(27(35)24(18-38)32-28(36)37-29(5,6)7)25(22-17-19(2)15-16-20(22)3)26(34)31-23-14-12-11-13-21(23)4/h11-17,24-25,38H,10,18H2,1-9H3,(H,31,34)(H,32,36). The Morgan fingerprint density at radius 3 is 2.16 bits per heavy atom. The topological polar surface area (TPSA) is 87.7 Å². The average Bonchev–Trinajstić information content (AvgIpc) is 2.82. The number of alkyl carbamates (subject to hydrolysis) is 1. The Morgan fingerprint density at radius 2 is 1.61 bits per heavy atom. The van der Waals surface area contributed by atoms with Crippen LogP contribution >= 0.6 is 12.6 Å². The number of amides is 3. The van der Waals surface area contributed by atoms with Crippen LogP contribution in [0.25, 0.3) is 0 Å². The molecule has 3 amide bonds. The van der Waals surface area contributed by atoms with Crippen molar-refractivity contribution in [2.45, 2.75) is 92.0 Å². The molecule has 0 aromatic heterocycles. The third kappa shape index (κ3) is 8.00. The minimum atomic E-state index is -1.00. The molecule has 2 aromatic rings. The van der Waals surface area contributed by atoms with Gasteiger partial charge in [-0.2, -0.15) is 12.6 Å². The first-order chi connectivity index (χ1) is 17.6. The van der Waals surface area contributed by atoms with Gasteiger partial charge in [0.05, 0.1) is 0 Å². The normalized spacial score (nSPS) is 13.3. The van der Waals surface area contributed by atoms with Crippen LogP contribution < -0.4 is 10.6 Å². The summed E-state index contributed by atoms with van der Waals surface area (Å²) >= 11 is 4.38. The highest BCUT2D eigenvalue weighted by Gasteiger charge is 2.43. The fraction of sp³-hybridized carbons (Fsp3) is 0.500. The second-order valence-corrected chi connectivity index (χ2v) is 11.7. The first kappa shape index (κ1) is 31.2. The molecule has 0 radical (unpaired) electrons. The minimum Gasteiger partial charge on any atom is -0.444 e. The molecule has 0 heterocycles. The molecule has 0 fully saturated rings. The number of carbonyl (C=O) groups excluding carboxylic acids is 3. The summed E-state index contributed by atoms with van der Waals surface area (Å²) in [5, 5.41) is 5.72. The number of hydrogen-bond donors (Lipinski definition) is 3. The zero-order valence-electron chi connectivity index (χ0n) is 24.1. The van der Waals surface area contributed by atoms with Crippen molar-refractivity contribution in [2.24, 2.45) is 0 Å². The number of para-hydroxylation sites is 1. The van der Waals surface area contributed by atoms with Gasteiger partial charge in [0.25, 0.3) is 5.91 Å². The maximum atomic E-state index is 14.2. The highest BCUT2D eigenvalue weighted by atomic mass is 32.1. The first-order valence-electron chi connectivity index (χ1n) is 13.0. The lowest BCUT2D eigenvalue weighted by Gasteiger charge is -2.45. The monoisotopic (exact) mass is 541 g/mol. The lowest BCUT2D eigenvalue weighted by Crippen LogP contribution is -2.59. The molecule has 7 nitrogen and oxygen atoms in total. The van der Waals surface area contributed by atoms with Gasteiger partial charge in [-0.05, 0) is 84.6 Å². The zero-order chi connectivity index (χ0) is 28.8. The van der Waals surface area contributed by atoms with Gasteiger partial charge in [0.2, 0.25) is 5.91 Å². The Morgan fingerprint density at radius 1 is 0.974 bits per heavy atom. The van der Waals surface area contributed by atoms with Gasteiger partial charge in [0.1, 0.15) is 17.7 Å². The van der Waals surface area contributed by atoms with Crippen LogP contribution in [-0.2, 0) is 14.3 Å². The molecule has 38 heavy (non-hydrogen) atoms. The second kappa shape index (κ2) is 12.7. The van der Waals surface area contributed by atoms with Crippen molar-refractivity contribution < 1.29 is 19.1 Å². The van der Waals surface area contributed by atoms with Gasteiger partial charge in [-0.3, -0.25) is 9.59 Å². The number of hydrogen-bond acceptors (Lipinski definition) is 5. The molecule has 0 saturated carbocycles. The third-order valence-electron chi connectivity index (χ3n) is 6.57. The molecule has 0 bridgehead atoms. The fourth-order valence-corrected chi connectivity index (χ4v) is 4.36. The van der Waals surface area contributed by atoms with Crippen molar-refractivity contribution in [1.82, 2.24) is 10.2 Å². The van der Waals surface area contributed by atoms with E-state index in [9.17, 15) is 14.4 Å². The van der Waals surface area contributed by atoms with Gasteiger partial charge in [0, 0.05) is 17.0 Å². The number of carbonyl (C=O) groups is 3. The number of ether oxygens (including phenoxy) is 1. The molecule has 2 N–H and O–H groups in total. The minimum absolute atomic E-state index is 0.0350. The number of aryl methyl sites for hydroxylation is 3. The van der Waals surface area contributed by atoms with E-state index in [-0.39, 0.29) is 11.7 Å². The molecule has 2 unspecified atom stereocenters. The predicted octanol–water partition coefficient (Wildman–Crippen LogP) is 6.13. The second-order valence-electron chi connectivity index (χ2n) is 11.3. The highest BCUT2D eigenvalue weighted by Crippen LogP contribution is 2.35. The Hall–Kier alpha value is -3.00. The summed E-state index contributed by atoms with van der Waals surface area (Å²) in [5.41, 5.74) is 2.69. The average molecular weight is 542 g/mol. The maximum Gasteiger partial charge on any atom is 0.408 e. The maximum absolute atomic E-state index is 14.2. The number of nitrogens with zero attached hydrogens (tertiary/aromatic N) is 1. The predicted molar refractivity (Wildman–Crippen MR) is 157 cm³/mol. The molecular weight excluding hydrogens is 498 g/mol. The van der Waals surface area contributed by atoms with E-state index in [0.717, 1.165) is 22.3 Å². The summed E-state index contributed by atoms with van der Waals surface area (Å²) in [5.74, 6) is -0.713. The van der Waals surface area contributed by atoms with Crippen LogP contribution in [0, 0.1) is 20.8 Å². The van der Waals surface area contributed by atoms with Crippen molar-refractivity contribution in [3.63, 3.8) is 0 Å². The highest BCUT2D eigenvalue weighted by molar-refractivity contribution is 7.80. The SMILES string of the molecule is CCC(C)(C)N(C(=O)C(CS)NC(=O)OC(C)(C)C)C(C(=O)Nc1ccccc1C)c1cc(C)ccc1C. The lowest BCUT2D eigenvalue weighted by atomic mass is 9.89. The molecule has 0 spiro atoms. The molecular formula is C30H43N3O4S. The van der Waals surface area contributed by atoms with Crippen LogP contribution in [0.1, 0.15) is 76.3 Å². The molecule has 0 aliphatic heterocycles. The molecule has 0 saturated heterocycles. The van der Waals surface area contributed by atoms with Gasteiger partial charge < -0.3 is 20.3 Å². The van der Waals surface area contributed by atoms with Crippen LogP contribution in [-0.4, -0.2) is 45.7 Å². The first-order valence-corrected chi connectivity index (χ1v) is 13.6. The van der Waals surface area contributed by atoms with Crippen molar-refractivity contribution in [3.8, 4) is 0 Å². The van der Waals surface area contributed by atoms with Crippen LogP contribution in [0.4, 0.5) is 10.5 Å². The van der Waals surface area contributed by atoms with E-state index in [1.165, 1.54) is 0 Å². The van der Waals surface area contributed by atoms with E-state index < -0.39 is 35.2 Å². The van der Waals surface area contributed by atoms with E-state index in [4.69, 9.17) is 4.74 Å². The van der Waals surface area contributed by atoms with Gasteiger partial charge in [-0.1, -0.05) is 48.9 Å². The van der Waals surface area contributed by atoms with Crippen LogP contribution in [0.2, 0.25) is 0 Å². The van der Waals surface area contributed by atoms with Crippen molar-refractivity contribution in [2.75, 3.05) is 11.1 Å². The van der Waals surface area contributed by atoms with Crippen molar-refractivity contribution >= 4 is 36.2 Å².